The lowest BCUT2D eigenvalue weighted by Crippen LogP contribution is -2.19. The number of carbonyl (C=O) groups excluding carboxylic acids is 2. The van der Waals surface area contributed by atoms with E-state index in [4.69, 9.17) is 14.2 Å². The molecule has 10 nitrogen and oxygen atoms in total. The Hall–Kier alpha value is -4.77. The molecule has 0 atom stereocenters. The van der Waals surface area contributed by atoms with Crippen LogP contribution >= 0.6 is 11.3 Å². The van der Waals surface area contributed by atoms with Gasteiger partial charge >= 0.3 is 0 Å². The fourth-order valence-corrected chi connectivity index (χ4v) is 3.88. The van der Waals surface area contributed by atoms with Gasteiger partial charge < -0.3 is 14.2 Å². The third-order valence-electron chi connectivity index (χ3n) is 4.98. The number of nitrogens with zero attached hydrogens (tertiary/aromatic N) is 3. The molecular formula is C27H25N5O5S. The number of hydrogen-bond donors (Lipinski definition) is 2. The molecule has 3 aromatic carbocycles. The minimum Gasteiger partial charge on any atom is -0.497 e. The Labute approximate surface area is 223 Å². The summed E-state index contributed by atoms with van der Waals surface area (Å²) in [5.41, 5.74) is 3.75. The van der Waals surface area contributed by atoms with Crippen LogP contribution in [0.3, 0.4) is 0 Å². The molecular weight excluding hydrogens is 506 g/mol. The average Bonchev–Trinajstić information content (AvgIpc) is 3.38. The van der Waals surface area contributed by atoms with Gasteiger partial charge in [-0.25, -0.2) is 5.43 Å². The summed E-state index contributed by atoms with van der Waals surface area (Å²) in [6, 6.07) is 23.4. The van der Waals surface area contributed by atoms with Gasteiger partial charge in [-0.05, 0) is 54.1 Å². The highest BCUT2D eigenvalue weighted by molar-refractivity contribution is 7.15. The maximum atomic E-state index is 12.2. The lowest BCUT2D eigenvalue weighted by molar-refractivity contribution is -0.120. The SMILES string of the molecule is COc1cccc(OCCOc2ccc(/C=N\NC(=O)Cc3nnc(NC(=O)c4ccccc4)s3)cc2)c1. The summed E-state index contributed by atoms with van der Waals surface area (Å²) in [6.45, 7) is 0.766. The maximum absolute atomic E-state index is 12.2. The molecule has 4 rings (SSSR count). The lowest BCUT2D eigenvalue weighted by atomic mass is 10.2. The van der Waals surface area contributed by atoms with Crippen LogP contribution in [0.4, 0.5) is 5.13 Å². The van der Waals surface area contributed by atoms with E-state index in [-0.39, 0.29) is 18.2 Å². The van der Waals surface area contributed by atoms with Gasteiger partial charge in [0.15, 0.2) is 0 Å². The summed E-state index contributed by atoms with van der Waals surface area (Å²) in [5.74, 6) is 1.49. The van der Waals surface area contributed by atoms with Crippen LogP contribution in [-0.2, 0) is 11.2 Å². The molecule has 0 aliphatic heterocycles. The molecule has 0 spiro atoms. The predicted octanol–water partition coefficient (Wildman–Crippen LogP) is 3.95. The number of amides is 2. The zero-order chi connectivity index (χ0) is 26.6. The van der Waals surface area contributed by atoms with Crippen molar-refractivity contribution < 1.29 is 23.8 Å². The molecule has 0 fully saturated rings. The van der Waals surface area contributed by atoms with Crippen molar-refractivity contribution >= 4 is 34.5 Å². The number of benzene rings is 3. The molecule has 0 saturated carbocycles. The highest BCUT2D eigenvalue weighted by Crippen LogP contribution is 2.19. The van der Waals surface area contributed by atoms with Crippen molar-refractivity contribution in [2.45, 2.75) is 6.42 Å². The van der Waals surface area contributed by atoms with Crippen LogP contribution in [0.2, 0.25) is 0 Å². The van der Waals surface area contributed by atoms with Gasteiger partial charge in [0.1, 0.15) is 35.5 Å². The average molecular weight is 532 g/mol. The Kier molecular flexibility index (Phi) is 9.35. The van der Waals surface area contributed by atoms with E-state index >= 15 is 0 Å². The molecule has 2 amide bonds. The molecule has 0 aliphatic carbocycles. The van der Waals surface area contributed by atoms with E-state index in [1.54, 1.807) is 43.5 Å². The molecule has 2 N–H and O–H groups in total. The molecule has 11 heteroatoms. The van der Waals surface area contributed by atoms with Crippen molar-refractivity contribution in [3.8, 4) is 17.2 Å². The Morgan fingerprint density at radius 2 is 1.63 bits per heavy atom. The van der Waals surface area contributed by atoms with Crippen LogP contribution in [0, 0.1) is 0 Å². The minimum absolute atomic E-state index is 0.0131. The van der Waals surface area contributed by atoms with Crippen molar-refractivity contribution in [3.05, 3.63) is 95.0 Å². The first kappa shape index (κ1) is 26.3. The molecule has 1 heterocycles. The third kappa shape index (κ3) is 8.14. The van der Waals surface area contributed by atoms with Gasteiger partial charge in [0.2, 0.25) is 11.0 Å². The molecule has 194 valence electrons. The van der Waals surface area contributed by atoms with Gasteiger partial charge in [-0.3, -0.25) is 14.9 Å². The highest BCUT2D eigenvalue weighted by Gasteiger charge is 2.12. The number of hydrogen-bond acceptors (Lipinski definition) is 9. The van der Waals surface area contributed by atoms with E-state index in [1.807, 2.05) is 42.5 Å². The fraction of sp³-hybridized carbons (Fsp3) is 0.148. The normalized spacial score (nSPS) is 10.7. The minimum atomic E-state index is -0.352. The number of nitrogens with one attached hydrogen (secondary N) is 2. The smallest absolute Gasteiger partial charge is 0.257 e. The molecule has 0 unspecified atom stereocenters. The number of anilines is 1. The number of ether oxygens (including phenoxy) is 3. The van der Waals surface area contributed by atoms with E-state index in [0.717, 1.165) is 22.6 Å². The highest BCUT2D eigenvalue weighted by atomic mass is 32.1. The van der Waals surface area contributed by atoms with Crippen molar-refractivity contribution in [2.75, 3.05) is 25.6 Å². The summed E-state index contributed by atoms with van der Waals surface area (Å²) < 4.78 is 16.5. The number of aromatic nitrogens is 2. The third-order valence-corrected chi connectivity index (χ3v) is 5.82. The summed E-state index contributed by atoms with van der Waals surface area (Å²) in [4.78, 5) is 24.4. The molecule has 0 aliphatic rings. The Morgan fingerprint density at radius 3 is 2.39 bits per heavy atom. The van der Waals surface area contributed by atoms with E-state index in [1.165, 1.54) is 6.21 Å². The summed E-state index contributed by atoms with van der Waals surface area (Å²) in [6.07, 6.45) is 1.51. The standard InChI is InChI=1S/C27H25N5O5S/c1-35-22-8-5-9-23(16-22)37-15-14-36-21-12-10-19(11-13-21)18-28-30-24(33)17-25-31-32-27(38-25)29-26(34)20-6-3-2-4-7-20/h2-13,16,18H,14-15,17H2,1H3,(H,30,33)(H,29,32,34)/b28-18-. The van der Waals surface area contributed by atoms with Gasteiger partial charge in [-0.15, -0.1) is 10.2 Å². The van der Waals surface area contributed by atoms with Crippen LogP contribution in [-0.4, -0.2) is 48.5 Å². The molecule has 38 heavy (non-hydrogen) atoms. The maximum Gasteiger partial charge on any atom is 0.257 e. The molecule has 0 saturated heterocycles. The topological polar surface area (TPSA) is 124 Å². The molecule has 4 aromatic rings. The second-order valence-corrected chi connectivity index (χ2v) is 8.80. The number of methoxy groups -OCH3 is 1. The van der Waals surface area contributed by atoms with Crippen LogP contribution in [0.1, 0.15) is 20.9 Å². The van der Waals surface area contributed by atoms with Crippen molar-refractivity contribution in [2.24, 2.45) is 5.10 Å². The van der Waals surface area contributed by atoms with Crippen LogP contribution in [0.5, 0.6) is 17.2 Å². The molecule has 0 bridgehead atoms. The van der Waals surface area contributed by atoms with Gasteiger partial charge in [-0.2, -0.15) is 5.10 Å². The van der Waals surface area contributed by atoms with Crippen molar-refractivity contribution in [3.63, 3.8) is 0 Å². The lowest BCUT2D eigenvalue weighted by Gasteiger charge is -2.09. The zero-order valence-corrected chi connectivity index (χ0v) is 21.3. The van der Waals surface area contributed by atoms with E-state index in [9.17, 15) is 9.59 Å². The second kappa shape index (κ2) is 13.5. The van der Waals surface area contributed by atoms with Crippen molar-refractivity contribution in [1.29, 1.82) is 0 Å². The van der Waals surface area contributed by atoms with E-state index < -0.39 is 0 Å². The van der Waals surface area contributed by atoms with Gasteiger partial charge in [0, 0.05) is 11.6 Å². The first-order valence-corrected chi connectivity index (χ1v) is 12.4. The Balaban J connectivity index is 1.16. The first-order valence-electron chi connectivity index (χ1n) is 11.6. The van der Waals surface area contributed by atoms with E-state index in [0.29, 0.717) is 40.4 Å². The number of rotatable bonds is 12. The summed E-state index contributed by atoms with van der Waals surface area (Å²) in [7, 11) is 1.61. The van der Waals surface area contributed by atoms with E-state index in [2.05, 4.69) is 26.0 Å². The van der Waals surface area contributed by atoms with Crippen LogP contribution < -0.4 is 25.0 Å². The van der Waals surface area contributed by atoms with Crippen LogP contribution in [0.25, 0.3) is 0 Å². The molecule has 1 aromatic heterocycles. The van der Waals surface area contributed by atoms with Gasteiger partial charge in [0.25, 0.3) is 5.91 Å². The Morgan fingerprint density at radius 1 is 0.895 bits per heavy atom. The fourth-order valence-electron chi connectivity index (χ4n) is 3.15. The Bertz CT molecular complexity index is 1380. The van der Waals surface area contributed by atoms with Gasteiger partial charge in [-0.1, -0.05) is 35.6 Å². The predicted molar refractivity (Wildman–Crippen MR) is 144 cm³/mol. The van der Waals surface area contributed by atoms with Gasteiger partial charge in [0.05, 0.1) is 19.7 Å². The summed E-state index contributed by atoms with van der Waals surface area (Å²) in [5, 5.41) is 15.3. The zero-order valence-electron chi connectivity index (χ0n) is 20.5. The monoisotopic (exact) mass is 531 g/mol. The second-order valence-electron chi connectivity index (χ2n) is 7.74. The quantitative estimate of drug-likeness (QED) is 0.161. The van der Waals surface area contributed by atoms with Crippen LogP contribution in [0.15, 0.2) is 84.0 Å². The number of carbonyl (C=O) groups is 2. The van der Waals surface area contributed by atoms with Crippen molar-refractivity contribution in [1.82, 2.24) is 15.6 Å². The molecule has 0 radical (unpaired) electrons. The number of hydrazone groups is 1. The summed E-state index contributed by atoms with van der Waals surface area (Å²) >= 11 is 1.13. The largest absolute Gasteiger partial charge is 0.497 e. The first-order chi connectivity index (χ1) is 18.6.